The summed E-state index contributed by atoms with van der Waals surface area (Å²) in [5.74, 6) is -1.75. The molecule has 3 aromatic rings. The first kappa shape index (κ1) is 18.9. The minimum Gasteiger partial charge on any atom is -0.477 e. The number of fused-ring (bicyclic) bond motifs is 1. The Morgan fingerprint density at radius 2 is 1.93 bits per heavy atom. The number of halogens is 1. The van der Waals surface area contributed by atoms with Crippen LogP contribution in [0.15, 0.2) is 36.8 Å². The third-order valence-corrected chi connectivity index (χ3v) is 5.09. The predicted octanol–water partition coefficient (Wildman–Crippen LogP) is 1.54. The monoisotopic (exact) mass is 403 g/mol. The van der Waals surface area contributed by atoms with Crippen LogP contribution in [0.25, 0.3) is 10.9 Å². The van der Waals surface area contributed by atoms with Crippen LogP contribution in [0, 0.1) is 12.7 Å². The third kappa shape index (κ3) is 3.54. The second-order valence-electron chi connectivity index (χ2n) is 6.88. The van der Waals surface area contributed by atoms with Crippen molar-refractivity contribution in [2.75, 3.05) is 31.1 Å². The molecule has 0 spiro atoms. The van der Waals surface area contributed by atoms with Gasteiger partial charge in [-0.05, 0) is 19.1 Å². The van der Waals surface area contributed by atoms with Gasteiger partial charge in [0.1, 0.15) is 17.1 Å². The van der Waals surface area contributed by atoms with Crippen molar-refractivity contribution < 1.29 is 23.1 Å². The molecule has 0 radical (unpaired) electrons. The van der Waals surface area contributed by atoms with Crippen LogP contribution >= 0.6 is 0 Å². The number of carbonyl (C=O) groups is 1. The van der Waals surface area contributed by atoms with Crippen LogP contribution in [0.3, 0.4) is 0 Å². The van der Waals surface area contributed by atoms with Crippen LogP contribution in [-0.4, -0.2) is 47.1 Å². The summed E-state index contributed by atoms with van der Waals surface area (Å²) >= 11 is 0. The van der Waals surface area contributed by atoms with E-state index in [0.29, 0.717) is 55.4 Å². The van der Waals surface area contributed by atoms with E-state index < -0.39 is 28.6 Å². The van der Waals surface area contributed by atoms with Gasteiger partial charge in [-0.25, -0.2) is 14.0 Å². The largest absolute Gasteiger partial charge is 0.519 e. The van der Waals surface area contributed by atoms with Gasteiger partial charge < -0.3 is 23.8 Å². The molecule has 0 bridgehead atoms. The zero-order valence-electron chi connectivity index (χ0n) is 15.5. The second-order valence-corrected chi connectivity index (χ2v) is 6.88. The van der Waals surface area contributed by atoms with E-state index in [9.17, 15) is 18.8 Å². The van der Waals surface area contributed by atoms with Crippen LogP contribution in [0.2, 0.25) is 0 Å². The minimum atomic E-state index is -1.36. The number of carboxylic acid groups (broad SMARTS) is 1. The van der Waals surface area contributed by atoms with E-state index >= 15 is 0 Å². The summed E-state index contributed by atoms with van der Waals surface area (Å²) in [6, 6.07) is 2.60. The van der Waals surface area contributed by atoms with Crippen LogP contribution in [-0.2, 0) is 6.54 Å². The molecule has 0 saturated carbocycles. The molecule has 152 valence electrons. The first-order valence-corrected chi connectivity index (χ1v) is 8.98. The Morgan fingerprint density at radius 3 is 2.55 bits per heavy atom. The number of aromatic nitrogens is 1. The molecule has 1 aliphatic rings. The van der Waals surface area contributed by atoms with Crippen molar-refractivity contribution >= 4 is 22.6 Å². The Hall–Kier alpha value is -3.40. The van der Waals surface area contributed by atoms with Gasteiger partial charge in [-0.1, -0.05) is 0 Å². The van der Waals surface area contributed by atoms with Gasteiger partial charge in [0.05, 0.1) is 17.7 Å². The number of aromatic amines is 1. The summed E-state index contributed by atoms with van der Waals surface area (Å²) in [5, 5.41) is 9.04. The standard InChI is InChI=1S/C19H18FN3O6/c1-10-16(29-19(27)28-10)9-22-2-4-23(5-3-22)15-7-14-11(6-13(15)20)17(24)12(8-21-14)18(25)26/h6-8H,2-5,9H2,1H3,(H,21,24)(H,25,26). The van der Waals surface area contributed by atoms with E-state index in [-0.39, 0.29) is 5.39 Å². The topological polar surface area (TPSA) is 120 Å². The maximum absolute atomic E-state index is 14.7. The van der Waals surface area contributed by atoms with Crippen molar-refractivity contribution in [3.05, 3.63) is 62.1 Å². The number of hydrogen-bond donors (Lipinski definition) is 2. The predicted molar refractivity (Wildman–Crippen MR) is 101 cm³/mol. The van der Waals surface area contributed by atoms with Gasteiger partial charge in [-0.2, -0.15) is 0 Å². The number of nitrogens with zero attached hydrogens (tertiary/aromatic N) is 2. The van der Waals surface area contributed by atoms with E-state index in [0.717, 1.165) is 12.3 Å². The number of aromatic carboxylic acids is 1. The van der Waals surface area contributed by atoms with Crippen molar-refractivity contribution in [2.24, 2.45) is 0 Å². The molecule has 29 heavy (non-hydrogen) atoms. The molecule has 2 N–H and O–H groups in total. The van der Waals surface area contributed by atoms with Gasteiger partial charge in [0, 0.05) is 37.8 Å². The van der Waals surface area contributed by atoms with E-state index in [1.54, 1.807) is 6.92 Å². The van der Waals surface area contributed by atoms with Gasteiger partial charge in [0.2, 0.25) is 5.43 Å². The van der Waals surface area contributed by atoms with Crippen molar-refractivity contribution in [1.29, 1.82) is 0 Å². The molecule has 1 saturated heterocycles. The average Bonchev–Trinajstić information content (AvgIpc) is 2.99. The number of pyridine rings is 1. The molecule has 0 amide bonds. The Kier molecular flexibility index (Phi) is 4.71. The van der Waals surface area contributed by atoms with Crippen molar-refractivity contribution in [1.82, 2.24) is 9.88 Å². The summed E-state index contributed by atoms with van der Waals surface area (Å²) < 4.78 is 24.6. The smallest absolute Gasteiger partial charge is 0.477 e. The molecule has 10 heteroatoms. The molecule has 9 nitrogen and oxygen atoms in total. The van der Waals surface area contributed by atoms with Gasteiger partial charge >= 0.3 is 11.8 Å². The fraction of sp³-hybridized carbons (Fsp3) is 0.316. The Morgan fingerprint density at radius 1 is 1.21 bits per heavy atom. The van der Waals surface area contributed by atoms with Crippen LogP contribution < -0.4 is 16.2 Å². The number of aryl methyl sites for hydroxylation is 1. The minimum absolute atomic E-state index is 0.00440. The summed E-state index contributed by atoms with van der Waals surface area (Å²) in [6.07, 6.45) is 1.12. The summed E-state index contributed by atoms with van der Waals surface area (Å²) in [4.78, 5) is 41.2. The lowest BCUT2D eigenvalue weighted by Gasteiger charge is -2.35. The van der Waals surface area contributed by atoms with Gasteiger partial charge in [-0.15, -0.1) is 0 Å². The zero-order chi connectivity index (χ0) is 20.7. The highest BCUT2D eigenvalue weighted by molar-refractivity contribution is 5.93. The number of benzene rings is 1. The van der Waals surface area contributed by atoms with Crippen molar-refractivity contribution in [3.8, 4) is 0 Å². The molecule has 0 atom stereocenters. The molecule has 1 fully saturated rings. The number of carboxylic acids is 1. The number of hydrogen-bond acceptors (Lipinski definition) is 7. The maximum atomic E-state index is 14.7. The molecule has 3 heterocycles. The number of rotatable bonds is 4. The van der Waals surface area contributed by atoms with Crippen molar-refractivity contribution in [2.45, 2.75) is 13.5 Å². The molecule has 1 aromatic carbocycles. The lowest BCUT2D eigenvalue weighted by Crippen LogP contribution is -2.46. The molecule has 0 unspecified atom stereocenters. The molecule has 0 aliphatic carbocycles. The van der Waals surface area contributed by atoms with E-state index in [1.165, 1.54) is 6.07 Å². The second kappa shape index (κ2) is 7.21. The number of anilines is 1. The zero-order valence-corrected chi connectivity index (χ0v) is 15.5. The summed E-state index contributed by atoms with van der Waals surface area (Å²) in [6.45, 7) is 4.37. The Labute approximate surface area is 163 Å². The Balaban J connectivity index is 1.53. The first-order chi connectivity index (χ1) is 13.8. The van der Waals surface area contributed by atoms with E-state index in [4.69, 9.17) is 13.9 Å². The number of piperazine rings is 1. The third-order valence-electron chi connectivity index (χ3n) is 5.09. The normalized spacial score (nSPS) is 15.2. The summed E-state index contributed by atoms with van der Waals surface area (Å²) in [7, 11) is 0. The van der Waals surface area contributed by atoms with Crippen LogP contribution in [0.1, 0.15) is 21.9 Å². The SMILES string of the molecule is Cc1oc(=O)oc1CN1CCN(c2cc3[nH]cc(C(=O)O)c(=O)c3cc2F)CC1. The van der Waals surface area contributed by atoms with Crippen molar-refractivity contribution in [3.63, 3.8) is 0 Å². The van der Waals surface area contributed by atoms with E-state index in [2.05, 4.69) is 9.88 Å². The molecular formula is C19H18FN3O6. The van der Waals surface area contributed by atoms with Crippen LogP contribution in [0.4, 0.5) is 10.1 Å². The quantitative estimate of drug-likeness (QED) is 0.673. The highest BCUT2D eigenvalue weighted by Gasteiger charge is 2.23. The van der Waals surface area contributed by atoms with Crippen LogP contribution in [0.5, 0.6) is 0 Å². The highest BCUT2D eigenvalue weighted by atomic mass is 19.1. The maximum Gasteiger partial charge on any atom is 0.519 e. The number of H-pyrrole nitrogens is 1. The fourth-order valence-corrected chi connectivity index (χ4v) is 3.50. The fourth-order valence-electron chi connectivity index (χ4n) is 3.50. The molecular weight excluding hydrogens is 385 g/mol. The molecule has 4 rings (SSSR count). The lowest BCUT2D eigenvalue weighted by molar-refractivity contribution is 0.0695. The first-order valence-electron chi connectivity index (χ1n) is 8.98. The lowest BCUT2D eigenvalue weighted by atomic mass is 10.1. The molecule has 2 aromatic heterocycles. The van der Waals surface area contributed by atoms with Gasteiger partial charge in [0.25, 0.3) is 0 Å². The summed E-state index contributed by atoms with van der Waals surface area (Å²) in [5.41, 5.74) is -0.450. The van der Waals surface area contributed by atoms with Gasteiger partial charge in [0.15, 0.2) is 5.76 Å². The Bertz CT molecular complexity index is 1200. The number of nitrogens with one attached hydrogen (secondary N) is 1. The average molecular weight is 403 g/mol. The van der Waals surface area contributed by atoms with E-state index in [1.807, 2.05) is 4.90 Å². The molecule has 1 aliphatic heterocycles. The highest BCUT2D eigenvalue weighted by Crippen LogP contribution is 2.25. The van der Waals surface area contributed by atoms with Gasteiger partial charge in [-0.3, -0.25) is 9.69 Å².